The zero-order chi connectivity index (χ0) is 17.5. The van der Waals surface area contributed by atoms with Crippen molar-refractivity contribution in [3.05, 3.63) is 64.7 Å². The van der Waals surface area contributed by atoms with Gasteiger partial charge in [0.1, 0.15) is 12.4 Å². The summed E-state index contributed by atoms with van der Waals surface area (Å²) in [5, 5.41) is 0.789. The minimum Gasteiger partial charge on any atom is -0.489 e. The molecule has 0 heterocycles. The molecule has 0 N–H and O–H groups in total. The Kier molecular flexibility index (Phi) is 6.37. The minimum absolute atomic E-state index is 0.227. The van der Waals surface area contributed by atoms with Gasteiger partial charge in [-0.1, -0.05) is 40.2 Å². The summed E-state index contributed by atoms with van der Waals surface area (Å²) in [7, 11) is 2.55. The number of esters is 2. The van der Waals surface area contributed by atoms with Gasteiger partial charge in [-0.25, -0.2) is 9.59 Å². The van der Waals surface area contributed by atoms with Gasteiger partial charge >= 0.3 is 11.9 Å². The molecule has 6 heteroatoms. The number of hydrogen-bond donors (Lipinski definition) is 0. The van der Waals surface area contributed by atoms with E-state index in [4.69, 9.17) is 14.2 Å². The van der Waals surface area contributed by atoms with Gasteiger partial charge in [0.25, 0.3) is 0 Å². The van der Waals surface area contributed by atoms with Crippen molar-refractivity contribution in [2.75, 3.05) is 14.2 Å². The number of benzene rings is 2. The van der Waals surface area contributed by atoms with Crippen LogP contribution < -0.4 is 4.74 Å². The van der Waals surface area contributed by atoms with E-state index in [1.807, 2.05) is 24.3 Å². The third kappa shape index (κ3) is 4.58. The van der Waals surface area contributed by atoms with Crippen molar-refractivity contribution in [2.45, 2.75) is 11.9 Å². The molecule has 0 saturated heterocycles. The first-order chi connectivity index (χ1) is 11.6. The smallest absolute Gasteiger partial charge is 0.338 e. The summed E-state index contributed by atoms with van der Waals surface area (Å²) in [5.41, 5.74) is 2.59. The molecule has 0 bridgehead atoms. The average Bonchev–Trinajstić information content (AvgIpc) is 2.65. The molecule has 126 valence electrons. The Morgan fingerprint density at radius 3 is 1.83 bits per heavy atom. The fraction of sp³-hybridized carbons (Fsp3) is 0.222. The maximum Gasteiger partial charge on any atom is 0.338 e. The Labute approximate surface area is 148 Å². The van der Waals surface area contributed by atoms with Crippen LogP contribution in [0, 0.1) is 0 Å². The van der Waals surface area contributed by atoms with E-state index in [2.05, 4.69) is 15.9 Å². The number of halogens is 1. The quantitative estimate of drug-likeness (QED) is 0.553. The number of rotatable bonds is 6. The van der Waals surface area contributed by atoms with Crippen LogP contribution in [0.4, 0.5) is 0 Å². The predicted molar refractivity (Wildman–Crippen MR) is 92.5 cm³/mol. The van der Waals surface area contributed by atoms with Crippen molar-refractivity contribution in [3.8, 4) is 5.75 Å². The Hall–Kier alpha value is -2.34. The topological polar surface area (TPSA) is 61.8 Å². The van der Waals surface area contributed by atoms with Gasteiger partial charge in [0.05, 0.1) is 25.3 Å². The lowest BCUT2D eigenvalue weighted by Gasteiger charge is -2.10. The van der Waals surface area contributed by atoms with Crippen LogP contribution in [-0.2, 0) is 21.4 Å². The first kappa shape index (κ1) is 18.0. The normalized spacial score (nSPS) is 10.1. The summed E-state index contributed by atoms with van der Waals surface area (Å²) in [6.07, 6.45) is 0. The lowest BCUT2D eigenvalue weighted by atomic mass is 10.1. The van der Waals surface area contributed by atoms with E-state index >= 15 is 0 Å². The molecule has 0 atom stereocenters. The highest BCUT2D eigenvalue weighted by atomic mass is 79.9. The molecule has 0 spiro atoms. The molecule has 2 aromatic carbocycles. The first-order valence-electron chi connectivity index (χ1n) is 7.15. The molecule has 0 aliphatic rings. The highest BCUT2D eigenvalue weighted by Crippen LogP contribution is 2.20. The highest BCUT2D eigenvalue weighted by Gasteiger charge is 2.14. The molecular formula is C18H17BrO5. The molecule has 0 saturated carbocycles. The summed E-state index contributed by atoms with van der Waals surface area (Å²) in [4.78, 5) is 23.5. The van der Waals surface area contributed by atoms with E-state index in [0.717, 1.165) is 10.9 Å². The summed E-state index contributed by atoms with van der Waals surface area (Å²) in [5.74, 6) is -0.706. The lowest BCUT2D eigenvalue weighted by molar-refractivity contribution is 0.0598. The van der Waals surface area contributed by atoms with E-state index < -0.39 is 11.9 Å². The molecular weight excluding hydrogens is 376 g/mol. The summed E-state index contributed by atoms with van der Waals surface area (Å²) in [6.45, 7) is 0.313. The number of ether oxygens (including phenoxy) is 3. The van der Waals surface area contributed by atoms with E-state index in [0.29, 0.717) is 12.4 Å². The molecule has 24 heavy (non-hydrogen) atoms. The van der Waals surface area contributed by atoms with Gasteiger partial charge in [0, 0.05) is 5.33 Å². The SMILES string of the molecule is COC(=O)c1cc(OCc2ccc(CBr)cc2)cc(C(=O)OC)c1. The second kappa shape index (κ2) is 8.49. The molecule has 5 nitrogen and oxygen atoms in total. The van der Waals surface area contributed by atoms with E-state index in [1.54, 1.807) is 0 Å². The molecule has 0 radical (unpaired) electrons. The Morgan fingerprint density at radius 2 is 1.38 bits per heavy atom. The zero-order valence-corrected chi connectivity index (χ0v) is 15.0. The van der Waals surface area contributed by atoms with Crippen LogP contribution in [0.15, 0.2) is 42.5 Å². The minimum atomic E-state index is -0.549. The van der Waals surface area contributed by atoms with Crippen LogP contribution in [0.5, 0.6) is 5.75 Å². The van der Waals surface area contributed by atoms with Crippen LogP contribution >= 0.6 is 15.9 Å². The van der Waals surface area contributed by atoms with E-state index in [-0.39, 0.29) is 11.1 Å². The van der Waals surface area contributed by atoms with Gasteiger partial charge in [-0.3, -0.25) is 0 Å². The van der Waals surface area contributed by atoms with Gasteiger partial charge in [-0.05, 0) is 29.3 Å². The second-order valence-electron chi connectivity index (χ2n) is 4.97. The van der Waals surface area contributed by atoms with Gasteiger partial charge < -0.3 is 14.2 Å². The van der Waals surface area contributed by atoms with E-state index in [9.17, 15) is 9.59 Å². The van der Waals surface area contributed by atoms with Crippen molar-refractivity contribution in [2.24, 2.45) is 0 Å². The summed E-state index contributed by atoms with van der Waals surface area (Å²) < 4.78 is 15.1. The molecule has 0 unspecified atom stereocenters. The van der Waals surface area contributed by atoms with Crippen molar-refractivity contribution in [1.29, 1.82) is 0 Å². The maximum atomic E-state index is 11.7. The summed E-state index contributed by atoms with van der Waals surface area (Å²) in [6, 6.07) is 12.4. The number of hydrogen-bond acceptors (Lipinski definition) is 5. The van der Waals surface area contributed by atoms with Crippen LogP contribution in [0.25, 0.3) is 0 Å². The monoisotopic (exact) mass is 392 g/mol. The predicted octanol–water partition coefficient (Wildman–Crippen LogP) is 3.73. The van der Waals surface area contributed by atoms with Crippen LogP contribution in [-0.4, -0.2) is 26.2 Å². The number of methoxy groups -OCH3 is 2. The van der Waals surface area contributed by atoms with Gasteiger partial charge in [-0.2, -0.15) is 0 Å². The fourth-order valence-corrected chi connectivity index (χ4v) is 2.42. The number of carbonyl (C=O) groups is 2. The second-order valence-corrected chi connectivity index (χ2v) is 5.53. The van der Waals surface area contributed by atoms with Gasteiger partial charge in [0.15, 0.2) is 0 Å². The van der Waals surface area contributed by atoms with Crippen LogP contribution in [0.1, 0.15) is 31.8 Å². The molecule has 2 aromatic rings. The number of alkyl halides is 1. The van der Waals surface area contributed by atoms with E-state index in [1.165, 1.54) is 38.0 Å². The van der Waals surface area contributed by atoms with Gasteiger partial charge in [0.2, 0.25) is 0 Å². The molecule has 0 aliphatic heterocycles. The van der Waals surface area contributed by atoms with Crippen molar-refractivity contribution >= 4 is 27.9 Å². The lowest BCUT2D eigenvalue weighted by Crippen LogP contribution is -2.07. The Morgan fingerprint density at radius 1 is 0.875 bits per heavy atom. The first-order valence-corrected chi connectivity index (χ1v) is 8.28. The molecule has 2 rings (SSSR count). The Bertz CT molecular complexity index is 690. The third-order valence-corrected chi connectivity index (χ3v) is 3.98. The van der Waals surface area contributed by atoms with Crippen LogP contribution in [0.3, 0.4) is 0 Å². The fourth-order valence-electron chi connectivity index (χ4n) is 2.05. The van der Waals surface area contributed by atoms with Crippen LogP contribution in [0.2, 0.25) is 0 Å². The summed E-state index contributed by atoms with van der Waals surface area (Å²) >= 11 is 3.40. The average molecular weight is 393 g/mol. The molecule has 0 aliphatic carbocycles. The largest absolute Gasteiger partial charge is 0.489 e. The Balaban J connectivity index is 2.20. The standard InChI is InChI=1S/C18H17BrO5/c1-22-17(20)14-7-15(18(21)23-2)9-16(8-14)24-11-13-5-3-12(10-19)4-6-13/h3-9H,10-11H2,1-2H3. The highest BCUT2D eigenvalue weighted by molar-refractivity contribution is 9.08. The molecule has 0 amide bonds. The molecule has 0 fully saturated rings. The third-order valence-electron chi connectivity index (χ3n) is 3.33. The molecule has 0 aromatic heterocycles. The van der Waals surface area contributed by atoms with Crippen molar-refractivity contribution in [3.63, 3.8) is 0 Å². The van der Waals surface area contributed by atoms with Gasteiger partial charge in [-0.15, -0.1) is 0 Å². The van der Waals surface area contributed by atoms with Crippen molar-refractivity contribution < 1.29 is 23.8 Å². The maximum absolute atomic E-state index is 11.7. The number of carbonyl (C=O) groups excluding carboxylic acids is 2. The zero-order valence-electron chi connectivity index (χ0n) is 13.4. The van der Waals surface area contributed by atoms with Crippen molar-refractivity contribution in [1.82, 2.24) is 0 Å².